The first-order valence-corrected chi connectivity index (χ1v) is 9.68. The van der Waals surface area contributed by atoms with Crippen LogP contribution in [-0.2, 0) is 13.0 Å². The number of anilines is 1. The standard InChI is InChI=1S/C20H29N7O/c1-14(2)10-16-4-5-18(20(21)23-25-22)19(12-16)27-8-6-26(7-9-27)13-17-11-15(3)28-24-17/h4-5,11-12,14H,6-10,13H2,1-3H3,(H3,21,22,23). The van der Waals surface area contributed by atoms with Crippen molar-refractivity contribution < 1.29 is 4.52 Å². The average molecular weight is 384 g/mol. The molecule has 2 heterocycles. The number of hydrogen-bond donors (Lipinski definition) is 2. The minimum Gasteiger partial charge on any atom is -0.368 e. The smallest absolute Gasteiger partial charge is 0.178 e. The summed E-state index contributed by atoms with van der Waals surface area (Å²) in [5.74, 6) is 6.67. The molecule has 0 saturated carbocycles. The van der Waals surface area contributed by atoms with Crippen LogP contribution in [0.25, 0.3) is 0 Å². The maximum absolute atomic E-state index is 8.20. The highest BCUT2D eigenvalue weighted by Gasteiger charge is 2.22. The first-order valence-electron chi connectivity index (χ1n) is 9.68. The highest BCUT2D eigenvalue weighted by atomic mass is 16.5. The molecule has 0 amide bonds. The van der Waals surface area contributed by atoms with Gasteiger partial charge in [0, 0.05) is 50.0 Å². The second-order valence-corrected chi connectivity index (χ2v) is 7.71. The van der Waals surface area contributed by atoms with Crippen molar-refractivity contribution in [1.29, 1.82) is 5.41 Å². The molecule has 1 fully saturated rings. The third-order valence-electron chi connectivity index (χ3n) is 4.89. The molecule has 1 saturated heterocycles. The molecule has 1 aliphatic heterocycles. The second kappa shape index (κ2) is 8.97. The van der Waals surface area contributed by atoms with Gasteiger partial charge in [0.05, 0.1) is 5.69 Å². The lowest BCUT2D eigenvalue weighted by molar-refractivity contribution is 0.241. The summed E-state index contributed by atoms with van der Waals surface area (Å²) in [6, 6.07) is 8.21. The fraction of sp³-hybridized carbons (Fsp3) is 0.500. The maximum atomic E-state index is 8.20. The second-order valence-electron chi connectivity index (χ2n) is 7.71. The molecule has 0 radical (unpaired) electrons. The van der Waals surface area contributed by atoms with E-state index >= 15 is 0 Å². The normalized spacial score (nSPS) is 15.6. The van der Waals surface area contributed by atoms with E-state index in [1.165, 1.54) is 5.56 Å². The molecule has 8 nitrogen and oxygen atoms in total. The summed E-state index contributed by atoms with van der Waals surface area (Å²) in [4.78, 5) is 4.70. The highest BCUT2D eigenvalue weighted by Crippen LogP contribution is 2.26. The number of hydrogen-bond acceptors (Lipinski definition) is 6. The zero-order chi connectivity index (χ0) is 20.1. The summed E-state index contributed by atoms with van der Waals surface area (Å²) in [5, 5.41) is 19.3. The number of nitrogens with zero attached hydrogens (tertiary/aromatic N) is 5. The SMILES string of the molecule is Cc1cc(CN2CCN(c3cc(CC(C)C)ccc3C(=N)N=NN)CC2)no1. The average Bonchev–Trinajstić information content (AvgIpc) is 3.07. The third kappa shape index (κ3) is 4.95. The number of nitrogens with two attached hydrogens (primary N) is 1. The van der Waals surface area contributed by atoms with Crippen LogP contribution < -0.4 is 10.7 Å². The van der Waals surface area contributed by atoms with Crippen LogP contribution in [0, 0.1) is 18.3 Å². The number of benzene rings is 1. The van der Waals surface area contributed by atoms with Crippen LogP contribution in [0.3, 0.4) is 0 Å². The van der Waals surface area contributed by atoms with Gasteiger partial charge >= 0.3 is 0 Å². The number of rotatable bonds is 6. The predicted molar refractivity (Wildman–Crippen MR) is 110 cm³/mol. The van der Waals surface area contributed by atoms with Gasteiger partial charge in [-0.05, 0) is 37.0 Å². The molecule has 1 aromatic carbocycles. The van der Waals surface area contributed by atoms with E-state index in [4.69, 9.17) is 15.8 Å². The summed E-state index contributed by atoms with van der Waals surface area (Å²) >= 11 is 0. The van der Waals surface area contributed by atoms with E-state index in [9.17, 15) is 0 Å². The van der Waals surface area contributed by atoms with Crippen molar-refractivity contribution in [2.24, 2.45) is 22.1 Å². The van der Waals surface area contributed by atoms with Crippen LogP contribution in [-0.4, -0.2) is 42.1 Å². The van der Waals surface area contributed by atoms with Gasteiger partial charge in [0.2, 0.25) is 0 Å². The molecule has 28 heavy (non-hydrogen) atoms. The number of aromatic nitrogens is 1. The summed E-state index contributed by atoms with van der Waals surface area (Å²) in [5.41, 5.74) is 4.04. The molecular formula is C20H29N7O. The van der Waals surface area contributed by atoms with Gasteiger partial charge in [-0.3, -0.25) is 10.3 Å². The topological polar surface area (TPSA) is 107 Å². The lowest BCUT2D eigenvalue weighted by Crippen LogP contribution is -2.46. The molecule has 0 atom stereocenters. The number of piperazine rings is 1. The van der Waals surface area contributed by atoms with Crippen molar-refractivity contribution in [3.8, 4) is 0 Å². The minimum atomic E-state index is 0.0918. The van der Waals surface area contributed by atoms with Crippen LogP contribution in [0.1, 0.15) is 36.4 Å². The van der Waals surface area contributed by atoms with Crippen LogP contribution >= 0.6 is 0 Å². The number of amidine groups is 1. The van der Waals surface area contributed by atoms with Crippen LogP contribution in [0.2, 0.25) is 0 Å². The Morgan fingerprint density at radius 1 is 1.25 bits per heavy atom. The third-order valence-corrected chi connectivity index (χ3v) is 4.89. The monoisotopic (exact) mass is 383 g/mol. The Labute approximate surface area is 165 Å². The van der Waals surface area contributed by atoms with E-state index in [1.807, 2.05) is 19.1 Å². The largest absolute Gasteiger partial charge is 0.368 e. The molecule has 8 heteroatoms. The first-order chi connectivity index (χ1) is 13.5. The Morgan fingerprint density at radius 3 is 2.61 bits per heavy atom. The maximum Gasteiger partial charge on any atom is 0.178 e. The molecule has 3 N–H and O–H groups in total. The fourth-order valence-corrected chi connectivity index (χ4v) is 3.62. The molecule has 1 aliphatic rings. The van der Waals surface area contributed by atoms with Crippen molar-refractivity contribution in [2.45, 2.75) is 33.7 Å². The van der Waals surface area contributed by atoms with Gasteiger partial charge < -0.3 is 15.3 Å². The molecule has 0 aliphatic carbocycles. The molecule has 0 bridgehead atoms. The van der Waals surface area contributed by atoms with Gasteiger partial charge in [-0.15, -0.1) is 5.11 Å². The summed E-state index contributed by atoms with van der Waals surface area (Å²) in [6.07, 6.45) is 1.00. The molecule has 1 aromatic heterocycles. The summed E-state index contributed by atoms with van der Waals surface area (Å²) in [6.45, 7) is 10.7. The van der Waals surface area contributed by atoms with E-state index < -0.39 is 0 Å². The van der Waals surface area contributed by atoms with Crippen LogP contribution in [0.4, 0.5) is 5.69 Å². The van der Waals surface area contributed by atoms with E-state index in [-0.39, 0.29) is 5.84 Å². The number of aryl methyl sites for hydroxylation is 1. The predicted octanol–water partition coefficient (Wildman–Crippen LogP) is 3.15. The zero-order valence-electron chi connectivity index (χ0n) is 16.9. The Balaban J connectivity index is 1.74. The van der Waals surface area contributed by atoms with Gasteiger partial charge in [0.1, 0.15) is 5.76 Å². The van der Waals surface area contributed by atoms with Crippen molar-refractivity contribution >= 4 is 11.5 Å². The van der Waals surface area contributed by atoms with Gasteiger partial charge in [0.15, 0.2) is 5.84 Å². The zero-order valence-corrected chi connectivity index (χ0v) is 16.9. The van der Waals surface area contributed by atoms with E-state index in [0.717, 1.165) is 61.8 Å². The van der Waals surface area contributed by atoms with Gasteiger partial charge in [-0.1, -0.05) is 30.3 Å². The lowest BCUT2D eigenvalue weighted by Gasteiger charge is -2.36. The van der Waals surface area contributed by atoms with Crippen LogP contribution in [0.5, 0.6) is 0 Å². The van der Waals surface area contributed by atoms with E-state index in [2.05, 4.69) is 51.3 Å². The molecule has 0 spiro atoms. The quantitative estimate of drug-likeness (QED) is 0.262. The van der Waals surface area contributed by atoms with Gasteiger partial charge in [0.25, 0.3) is 0 Å². The molecule has 150 valence electrons. The minimum absolute atomic E-state index is 0.0918. The van der Waals surface area contributed by atoms with Crippen molar-refractivity contribution in [1.82, 2.24) is 10.1 Å². The van der Waals surface area contributed by atoms with Crippen LogP contribution in [0.15, 0.2) is 39.1 Å². The van der Waals surface area contributed by atoms with Gasteiger partial charge in [-0.25, -0.2) is 0 Å². The first kappa shape index (κ1) is 20.0. The van der Waals surface area contributed by atoms with Crippen molar-refractivity contribution in [3.63, 3.8) is 0 Å². The Kier molecular flexibility index (Phi) is 6.41. The summed E-state index contributed by atoms with van der Waals surface area (Å²) < 4.78 is 5.17. The van der Waals surface area contributed by atoms with Crippen molar-refractivity contribution in [2.75, 3.05) is 31.1 Å². The Morgan fingerprint density at radius 2 is 2.00 bits per heavy atom. The molecule has 3 rings (SSSR count). The molecular weight excluding hydrogens is 354 g/mol. The van der Waals surface area contributed by atoms with E-state index in [1.54, 1.807) is 0 Å². The Hall–Kier alpha value is -2.74. The highest BCUT2D eigenvalue weighted by molar-refractivity contribution is 6.02. The molecule has 0 unspecified atom stereocenters. The fourth-order valence-electron chi connectivity index (χ4n) is 3.62. The Bertz CT molecular complexity index is 835. The summed E-state index contributed by atoms with van der Waals surface area (Å²) in [7, 11) is 0. The van der Waals surface area contributed by atoms with Gasteiger partial charge in [-0.2, -0.15) is 0 Å². The van der Waals surface area contributed by atoms with E-state index in [0.29, 0.717) is 5.92 Å². The lowest BCUT2D eigenvalue weighted by atomic mass is 9.99. The van der Waals surface area contributed by atoms with Crippen molar-refractivity contribution in [3.05, 3.63) is 46.8 Å². The molecule has 2 aromatic rings. The number of nitrogens with one attached hydrogen (secondary N) is 1.